The third-order valence-corrected chi connectivity index (χ3v) is 5.03. The Morgan fingerprint density at radius 1 is 1.05 bits per heavy atom. The zero-order valence-electron chi connectivity index (χ0n) is 12.1. The molecule has 0 spiro atoms. The molecule has 0 bridgehead atoms. The molecule has 3 rings (SSSR count). The lowest BCUT2D eigenvalue weighted by Gasteiger charge is -2.27. The molecule has 1 fully saturated rings. The summed E-state index contributed by atoms with van der Waals surface area (Å²) in [6.45, 7) is 2.25. The number of piperazine rings is 1. The second-order valence-electron chi connectivity index (χ2n) is 5.02. The third-order valence-electron chi connectivity index (χ3n) is 3.53. The summed E-state index contributed by atoms with van der Waals surface area (Å²) in [5.41, 5.74) is 1.69. The summed E-state index contributed by atoms with van der Waals surface area (Å²) in [4.78, 5) is 4.20. The van der Waals surface area contributed by atoms with Crippen LogP contribution in [0, 0.1) is 0 Å². The van der Waals surface area contributed by atoms with E-state index in [1.807, 2.05) is 36.4 Å². The molecule has 0 radical (unpaired) electrons. The molecule has 1 aromatic carbocycles. The minimum Gasteiger partial charge on any atom is -0.314 e. The Hall–Kier alpha value is -1.96. The van der Waals surface area contributed by atoms with Crippen LogP contribution in [0.15, 0.2) is 48.7 Å². The molecule has 2 aromatic rings. The quantitative estimate of drug-likeness (QED) is 0.891. The molecular weight excluding hydrogens is 300 g/mol. The van der Waals surface area contributed by atoms with E-state index in [1.165, 1.54) is 4.31 Å². The van der Waals surface area contributed by atoms with Crippen LogP contribution in [0.3, 0.4) is 0 Å². The van der Waals surface area contributed by atoms with Crippen LogP contribution in [0.25, 0.3) is 11.1 Å². The van der Waals surface area contributed by atoms with Crippen LogP contribution in [0.2, 0.25) is 0 Å². The van der Waals surface area contributed by atoms with Crippen molar-refractivity contribution in [2.75, 3.05) is 30.9 Å². The molecule has 116 valence electrons. The fourth-order valence-corrected chi connectivity index (χ4v) is 3.61. The highest BCUT2D eigenvalue weighted by Gasteiger charge is 2.24. The van der Waals surface area contributed by atoms with E-state index in [9.17, 15) is 8.42 Å². The fraction of sp³-hybridized carbons (Fsp3) is 0.267. The van der Waals surface area contributed by atoms with Gasteiger partial charge in [0.2, 0.25) is 0 Å². The van der Waals surface area contributed by atoms with Gasteiger partial charge in [-0.2, -0.15) is 12.7 Å². The molecule has 0 amide bonds. The highest BCUT2D eigenvalue weighted by Crippen LogP contribution is 2.26. The average molecular weight is 318 g/mol. The first kappa shape index (κ1) is 15.0. The maximum absolute atomic E-state index is 12.5. The summed E-state index contributed by atoms with van der Waals surface area (Å²) >= 11 is 0. The van der Waals surface area contributed by atoms with Crippen LogP contribution in [0.1, 0.15) is 0 Å². The van der Waals surface area contributed by atoms with Crippen molar-refractivity contribution in [1.29, 1.82) is 0 Å². The number of anilines is 1. The molecule has 0 aliphatic carbocycles. The molecule has 7 heteroatoms. The fourth-order valence-electron chi connectivity index (χ4n) is 2.41. The lowest BCUT2D eigenvalue weighted by molar-refractivity contribution is 0.362. The molecule has 0 saturated carbocycles. The first-order valence-corrected chi connectivity index (χ1v) is 8.60. The summed E-state index contributed by atoms with van der Waals surface area (Å²) in [7, 11) is -3.59. The van der Waals surface area contributed by atoms with Crippen molar-refractivity contribution in [2.45, 2.75) is 0 Å². The van der Waals surface area contributed by atoms with E-state index in [-0.39, 0.29) is 0 Å². The SMILES string of the molecule is O=S(=O)(Nc1ncccc1-c1ccccc1)N1CCNCC1. The van der Waals surface area contributed by atoms with Gasteiger partial charge in [-0.05, 0) is 17.7 Å². The zero-order valence-corrected chi connectivity index (χ0v) is 12.9. The van der Waals surface area contributed by atoms with Crippen molar-refractivity contribution in [3.63, 3.8) is 0 Å². The van der Waals surface area contributed by atoms with E-state index in [1.54, 1.807) is 12.3 Å². The van der Waals surface area contributed by atoms with Crippen LogP contribution in [-0.4, -0.2) is 43.9 Å². The highest BCUT2D eigenvalue weighted by atomic mass is 32.2. The summed E-state index contributed by atoms with van der Waals surface area (Å²) in [5.74, 6) is 0.354. The average Bonchev–Trinajstić information content (AvgIpc) is 2.57. The van der Waals surface area contributed by atoms with E-state index in [2.05, 4.69) is 15.0 Å². The van der Waals surface area contributed by atoms with Gasteiger partial charge in [-0.3, -0.25) is 4.72 Å². The van der Waals surface area contributed by atoms with Crippen molar-refractivity contribution in [2.24, 2.45) is 0 Å². The van der Waals surface area contributed by atoms with Gasteiger partial charge in [0, 0.05) is 37.9 Å². The summed E-state index contributed by atoms with van der Waals surface area (Å²) < 4.78 is 29.0. The first-order valence-electron chi connectivity index (χ1n) is 7.16. The molecule has 0 unspecified atom stereocenters. The van der Waals surface area contributed by atoms with Gasteiger partial charge < -0.3 is 5.32 Å². The number of rotatable bonds is 4. The normalized spacial score (nSPS) is 16.4. The van der Waals surface area contributed by atoms with Gasteiger partial charge >= 0.3 is 10.2 Å². The Morgan fingerprint density at radius 2 is 1.77 bits per heavy atom. The van der Waals surface area contributed by atoms with Crippen LogP contribution in [0.5, 0.6) is 0 Å². The van der Waals surface area contributed by atoms with E-state index in [4.69, 9.17) is 0 Å². The van der Waals surface area contributed by atoms with Gasteiger partial charge in [-0.25, -0.2) is 4.98 Å². The molecule has 1 aliphatic heterocycles. The predicted molar refractivity (Wildman–Crippen MR) is 86.7 cm³/mol. The predicted octanol–water partition coefficient (Wildman–Crippen LogP) is 1.31. The number of aromatic nitrogens is 1. The van der Waals surface area contributed by atoms with Crippen molar-refractivity contribution in [3.05, 3.63) is 48.7 Å². The Kier molecular flexibility index (Phi) is 4.37. The molecular formula is C15H18N4O2S. The number of nitrogens with zero attached hydrogens (tertiary/aromatic N) is 2. The summed E-state index contributed by atoms with van der Waals surface area (Å²) in [5, 5.41) is 3.14. The Labute approximate surface area is 130 Å². The Bertz CT molecular complexity index is 728. The largest absolute Gasteiger partial charge is 0.314 e. The van der Waals surface area contributed by atoms with Gasteiger partial charge in [0.15, 0.2) is 0 Å². The summed E-state index contributed by atoms with van der Waals surface area (Å²) in [6, 6.07) is 13.3. The van der Waals surface area contributed by atoms with Gasteiger partial charge in [-0.1, -0.05) is 30.3 Å². The third kappa shape index (κ3) is 3.27. The minimum atomic E-state index is -3.59. The Morgan fingerprint density at radius 3 is 2.50 bits per heavy atom. The first-order chi connectivity index (χ1) is 10.7. The van der Waals surface area contributed by atoms with Gasteiger partial charge in [0.1, 0.15) is 5.82 Å². The smallest absolute Gasteiger partial charge is 0.302 e. The number of hydrogen-bond acceptors (Lipinski definition) is 4. The monoisotopic (exact) mass is 318 g/mol. The van der Waals surface area contributed by atoms with Crippen molar-refractivity contribution < 1.29 is 8.42 Å². The summed E-state index contributed by atoms with van der Waals surface area (Å²) in [6.07, 6.45) is 1.59. The van der Waals surface area contributed by atoms with Gasteiger partial charge in [0.05, 0.1) is 0 Å². The number of hydrogen-bond donors (Lipinski definition) is 2. The zero-order chi connectivity index (χ0) is 15.4. The second-order valence-corrected chi connectivity index (χ2v) is 6.69. The van der Waals surface area contributed by atoms with E-state index in [0.717, 1.165) is 11.1 Å². The van der Waals surface area contributed by atoms with Crippen molar-refractivity contribution in [3.8, 4) is 11.1 Å². The van der Waals surface area contributed by atoms with Gasteiger partial charge in [-0.15, -0.1) is 0 Å². The topological polar surface area (TPSA) is 74.3 Å². The maximum Gasteiger partial charge on any atom is 0.302 e. The number of nitrogens with one attached hydrogen (secondary N) is 2. The van der Waals surface area contributed by atoms with Crippen LogP contribution < -0.4 is 10.0 Å². The van der Waals surface area contributed by atoms with Crippen LogP contribution in [-0.2, 0) is 10.2 Å². The molecule has 2 N–H and O–H groups in total. The standard InChI is InChI=1S/C15H18N4O2S/c20-22(21,19-11-9-16-10-12-19)18-15-14(7-4-8-17-15)13-5-2-1-3-6-13/h1-8,16H,9-12H2,(H,17,18). The van der Waals surface area contributed by atoms with Crippen molar-refractivity contribution >= 4 is 16.0 Å². The molecule has 0 atom stereocenters. The van der Waals surface area contributed by atoms with Crippen LogP contribution in [0.4, 0.5) is 5.82 Å². The van der Waals surface area contributed by atoms with E-state index >= 15 is 0 Å². The molecule has 1 aliphatic rings. The maximum atomic E-state index is 12.5. The molecule has 2 heterocycles. The molecule has 1 aromatic heterocycles. The molecule has 6 nitrogen and oxygen atoms in total. The highest BCUT2D eigenvalue weighted by molar-refractivity contribution is 7.90. The second kappa shape index (κ2) is 6.43. The van der Waals surface area contributed by atoms with E-state index in [0.29, 0.717) is 32.0 Å². The Balaban J connectivity index is 1.89. The van der Waals surface area contributed by atoms with Crippen LogP contribution >= 0.6 is 0 Å². The molecule has 22 heavy (non-hydrogen) atoms. The molecule has 1 saturated heterocycles. The van der Waals surface area contributed by atoms with Crippen molar-refractivity contribution in [1.82, 2.24) is 14.6 Å². The lowest BCUT2D eigenvalue weighted by Crippen LogP contribution is -2.48. The minimum absolute atomic E-state index is 0.354. The van der Waals surface area contributed by atoms with E-state index < -0.39 is 10.2 Å². The lowest BCUT2D eigenvalue weighted by atomic mass is 10.1. The number of pyridine rings is 1. The van der Waals surface area contributed by atoms with Gasteiger partial charge in [0.25, 0.3) is 0 Å². The number of benzene rings is 1.